The topological polar surface area (TPSA) is 146 Å². The molecule has 40 heavy (non-hydrogen) atoms. The number of carbonyl (C=O) groups is 2. The molecule has 0 bridgehead atoms. The van der Waals surface area contributed by atoms with Gasteiger partial charge in [-0.05, 0) is 56.6 Å². The van der Waals surface area contributed by atoms with Crippen molar-refractivity contribution in [3.8, 4) is 0 Å². The number of esters is 1. The Morgan fingerprint density at radius 2 is 2.02 bits per heavy atom. The zero-order valence-electron chi connectivity index (χ0n) is 23.4. The quantitative estimate of drug-likeness (QED) is 0.211. The van der Waals surface area contributed by atoms with E-state index in [4.69, 9.17) is 4.74 Å². The summed E-state index contributed by atoms with van der Waals surface area (Å²) in [6.45, 7) is 5.02. The van der Waals surface area contributed by atoms with Gasteiger partial charge >= 0.3 is 5.97 Å². The van der Waals surface area contributed by atoms with Crippen LogP contribution in [-0.2, 0) is 30.8 Å². The van der Waals surface area contributed by atoms with Gasteiger partial charge in [0.2, 0.25) is 15.9 Å². The maximum absolute atomic E-state index is 14.1. The van der Waals surface area contributed by atoms with Crippen LogP contribution in [0, 0.1) is 5.92 Å². The first-order chi connectivity index (χ1) is 19.3. The second-order valence-corrected chi connectivity index (χ2v) is 12.4. The maximum Gasteiger partial charge on any atom is 0.325 e. The molecule has 2 heterocycles. The third kappa shape index (κ3) is 7.75. The molecule has 1 unspecified atom stereocenters. The van der Waals surface area contributed by atoms with Gasteiger partial charge in [-0.1, -0.05) is 38.3 Å². The normalized spacial score (nSPS) is 18.3. The van der Waals surface area contributed by atoms with E-state index in [1.165, 1.54) is 0 Å². The van der Waals surface area contributed by atoms with Crippen molar-refractivity contribution in [1.82, 2.24) is 19.6 Å². The first-order valence-corrected chi connectivity index (χ1v) is 15.8. The minimum Gasteiger partial charge on any atom is -0.465 e. The number of para-hydroxylation sites is 1. The summed E-state index contributed by atoms with van der Waals surface area (Å²) in [4.78, 5) is 35.4. The predicted molar refractivity (Wildman–Crippen MR) is 153 cm³/mol. The van der Waals surface area contributed by atoms with Crippen LogP contribution in [0.5, 0.6) is 0 Å². The van der Waals surface area contributed by atoms with Gasteiger partial charge in [-0.3, -0.25) is 9.59 Å². The number of nitrogens with one attached hydrogen (secondary N) is 4. The van der Waals surface area contributed by atoms with Gasteiger partial charge in [0.15, 0.2) is 5.95 Å². The Labute approximate surface area is 236 Å². The van der Waals surface area contributed by atoms with Gasteiger partial charge in [-0.2, -0.15) is 4.72 Å². The van der Waals surface area contributed by atoms with Crippen molar-refractivity contribution >= 4 is 33.5 Å². The van der Waals surface area contributed by atoms with E-state index in [-0.39, 0.29) is 30.5 Å². The highest BCUT2D eigenvalue weighted by Crippen LogP contribution is 2.31. The summed E-state index contributed by atoms with van der Waals surface area (Å²) in [5.74, 6) is 0.109. The molecule has 2 aliphatic rings. The second kappa shape index (κ2) is 14.0. The summed E-state index contributed by atoms with van der Waals surface area (Å²) in [5, 5.41) is 6.42. The summed E-state index contributed by atoms with van der Waals surface area (Å²) in [7, 11) is -4.06. The number of fused-ring (bicyclic) bond motifs is 1. The fourth-order valence-electron chi connectivity index (χ4n) is 5.58. The monoisotopic (exact) mass is 574 g/mol. The molecule has 1 saturated carbocycles. The summed E-state index contributed by atoms with van der Waals surface area (Å²) in [6, 6.07) is 4.07. The molecule has 1 aromatic heterocycles. The zero-order chi connectivity index (χ0) is 28.5. The number of anilines is 2. The molecule has 2 aromatic rings. The van der Waals surface area contributed by atoms with E-state index in [1.807, 2.05) is 6.07 Å². The van der Waals surface area contributed by atoms with Crippen molar-refractivity contribution in [1.29, 1.82) is 0 Å². The lowest BCUT2D eigenvalue weighted by Crippen LogP contribution is -2.54. The fourth-order valence-corrected chi connectivity index (χ4v) is 7.03. The Hall–Kier alpha value is -3.12. The summed E-state index contributed by atoms with van der Waals surface area (Å²) in [5.41, 5.74) is 1.53. The van der Waals surface area contributed by atoms with E-state index in [0.29, 0.717) is 37.1 Å². The Morgan fingerprint density at radius 3 is 2.75 bits per heavy atom. The molecular formula is C28H42N6O5S. The Morgan fingerprint density at radius 1 is 1.23 bits per heavy atom. The molecule has 1 amide bonds. The Kier molecular flexibility index (Phi) is 10.4. The van der Waals surface area contributed by atoms with E-state index in [2.05, 4.69) is 32.2 Å². The van der Waals surface area contributed by atoms with Crippen LogP contribution in [-0.4, -0.2) is 73.5 Å². The van der Waals surface area contributed by atoms with Crippen LogP contribution >= 0.6 is 0 Å². The smallest absolute Gasteiger partial charge is 0.325 e. The van der Waals surface area contributed by atoms with Gasteiger partial charge in [-0.15, -0.1) is 0 Å². The number of hydrogen-bond donors (Lipinski definition) is 4. The molecule has 1 aromatic carbocycles. The maximum atomic E-state index is 14.1. The van der Waals surface area contributed by atoms with Crippen LogP contribution in [0.25, 0.3) is 0 Å². The van der Waals surface area contributed by atoms with Crippen LogP contribution in [0.15, 0.2) is 35.5 Å². The minimum absolute atomic E-state index is 0.133. The van der Waals surface area contributed by atoms with Gasteiger partial charge in [-0.25, -0.2) is 13.4 Å². The van der Waals surface area contributed by atoms with Crippen molar-refractivity contribution in [2.24, 2.45) is 5.92 Å². The molecule has 11 nitrogen and oxygen atoms in total. The number of aromatic amines is 1. The highest BCUT2D eigenvalue weighted by Gasteiger charge is 2.35. The predicted octanol–water partition coefficient (Wildman–Crippen LogP) is 3.28. The number of aromatic nitrogens is 2. The van der Waals surface area contributed by atoms with Crippen LogP contribution in [0.4, 0.5) is 11.6 Å². The summed E-state index contributed by atoms with van der Waals surface area (Å²) in [6.07, 6.45) is 9.42. The van der Waals surface area contributed by atoms with E-state index in [9.17, 15) is 18.0 Å². The number of rotatable bonds is 13. The molecule has 0 spiro atoms. The van der Waals surface area contributed by atoms with Gasteiger partial charge in [0.05, 0.1) is 12.3 Å². The van der Waals surface area contributed by atoms with Crippen LogP contribution in [0.3, 0.4) is 0 Å². The number of ether oxygens (including phenoxy) is 1. The van der Waals surface area contributed by atoms with Gasteiger partial charge < -0.3 is 25.3 Å². The van der Waals surface area contributed by atoms with Crippen molar-refractivity contribution in [3.05, 3.63) is 36.2 Å². The lowest BCUT2D eigenvalue weighted by Gasteiger charge is -2.36. The molecule has 1 aliphatic carbocycles. The first-order valence-electron chi connectivity index (χ1n) is 14.4. The number of sulfonamides is 1. The van der Waals surface area contributed by atoms with Crippen molar-refractivity contribution < 1.29 is 22.7 Å². The average Bonchev–Trinajstić information content (AvgIpc) is 3.47. The fraction of sp³-hybridized carbons (Fsp3) is 0.607. The molecule has 220 valence electrons. The number of benzene rings is 1. The number of imidazole rings is 1. The summed E-state index contributed by atoms with van der Waals surface area (Å²) >= 11 is 0. The second-order valence-electron chi connectivity index (χ2n) is 10.7. The lowest BCUT2D eigenvalue weighted by molar-refractivity contribution is -0.151. The largest absolute Gasteiger partial charge is 0.465 e. The SMILES string of the molecule is CCOC(=O)CN(C(=O)[C@H](CCCNc1ncc[nH]1)NS(=O)(=O)c1cccc2c1NCC(C)C2)C1CCCCC1. The number of H-pyrrole nitrogens is 1. The van der Waals surface area contributed by atoms with E-state index in [1.54, 1.807) is 36.4 Å². The zero-order valence-corrected chi connectivity index (χ0v) is 24.3. The minimum atomic E-state index is -4.06. The third-order valence-corrected chi connectivity index (χ3v) is 9.07. The molecule has 4 N–H and O–H groups in total. The number of nitrogens with zero attached hydrogens (tertiary/aromatic N) is 2. The first kappa shape index (κ1) is 29.9. The van der Waals surface area contributed by atoms with Crippen LogP contribution < -0.4 is 15.4 Å². The summed E-state index contributed by atoms with van der Waals surface area (Å²) < 4.78 is 35.5. The van der Waals surface area contributed by atoms with Gasteiger partial charge in [0.25, 0.3) is 0 Å². The van der Waals surface area contributed by atoms with Crippen LogP contribution in [0.2, 0.25) is 0 Å². The van der Waals surface area contributed by atoms with Crippen molar-refractivity contribution in [2.45, 2.75) is 82.2 Å². The highest BCUT2D eigenvalue weighted by atomic mass is 32.2. The standard InChI is InChI=1S/C28H42N6O5S/c1-3-39-25(35)19-34(22-10-5-4-6-11-22)27(36)23(12-8-14-29-28-30-15-16-31-28)33-40(37,38)24-13-7-9-21-17-20(2)18-32-26(21)24/h7,9,13,15-16,20,22-23,32-33H,3-6,8,10-12,14,17-19H2,1-2H3,(H2,29,30,31)/t20?,23-/m0/s1. The highest BCUT2D eigenvalue weighted by molar-refractivity contribution is 7.89. The molecule has 2 atom stereocenters. The third-order valence-electron chi connectivity index (χ3n) is 7.56. The van der Waals surface area contributed by atoms with Crippen molar-refractivity contribution in [2.75, 3.05) is 36.9 Å². The van der Waals surface area contributed by atoms with E-state index in [0.717, 1.165) is 44.1 Å². The van der Waals surface area contributed by atoms with Gasteiger partial charge in [0.1, 0.15) is 17.5 Å². The molecule has 0 saturated heterocycles. The molecule has 0 radical (unpaired) electrons. The van der Waals surface area contributed by atoms with Gasteiger partial charge in [0, 0.05) is 31.5 Å². The molecule has 12 heteroatoms. The average molecular weight is 575 g/mol. The van der Waals surface area contributed by atoms with E-state index < -0.39 is 27.9 Å². The number of amides is 1. The number of hydrogen-bond acceptors (Lipinski definition) is 8. The van der Waals surface area contributed by atoms with E-state index >= 15 is 0 Å². The molecule has 4 rings (SSSR count). The van der Waals surface area contributed by atoms with Crippen molar-refractivity contribution in [3.63, 3.8) is 0 Å². The Balaban J connectivity index is 1.58. The Bertz CT molecular complexity index is 1230. The molecule has 1 fully saturated rings. The number of carbonyl (C=O) groups excluding carboxylic acids is 2. The lowest BCUT2D eigenvalue weighted by atomic mass is 9.93. The molecular weight excluding hydrogens is 532 g/mol. The van der Waals surface area contributed by atoms with Crippen LogP contribution in [0.1, 0.15) is 64.4 Å². The molecule has 1 aliphatic heterocycles.